The molecule has 0 fully saturated rings. The van der Waals surface area contributed by atoms with Crippen LogP contribution in [0.25, 0.3) is 0 Å². The van der Waals surface area contributed by atoms with E-state index in [0.29, 0.717) is 5.56 Å². The second-order valence-electron chi connectivity index (χ2n) is 8.29. The highest BCUT2D eigenvalue weighted by Gasteiger charge is 2.09. The fraction of sp³-hybridized carbons (Fsp3) is 0. The lowest BCUT2D eigenvalue weighted by molar-refractivity contribution is 1.49. The Morgan fingerprint density at radius 1 is 0.342 bits per heavy atom. The molecule has 0 amide bonds. The Bertz CT molecular complexity index is 1650. The molecule has 0 nitrogen and oxygen atoms in total. The van der Waals surface area contributed by atoms with Crippen molar-refractivity contribution in [3.05, 3.63) is 178 Å². The first-order chi connectivity index (χ1) is 18.8. The van der Waals surface area contributed by atoms with Crippen molar-refractivity contribution < 1.29 is 0 Å². The third-order valence-electron chi connectivity index (χ3n) is 5.56. The normalized spacial score (nSPS) is 9.26. The first-order valence-corrected chi connectivity index (χ1v) is 12.2. The van der Waals surface area contributed by atoms with Crippen molar-refractivity contribution in [1.29, 1.82) is 0 Å². The average Bonchev–Trinajstić information content (AvgIpc) is 2.99. The van der Waals surface area contributed by atoms with Crippen LogP contribution >= 0.6 is 0 Å². The van der Waals surface area contributed by atoms with Crippen LogP contribution in [-0.4, -0.2) is 0 Å². The summed E-state index contributed by atoms with van der Waals surface area (Å²) in [5, 5.41) is 0. The lowest BCUT2D eigenvalue weighted by Gasteiger charge is -2.05. The number of hydrogen-bond donors (Lipinski definition) is 0. The lowest BCUT2D eigenvalue weighted by Crippen LogP contribution is -1.96. The zero-order chi connectivity index (χ0) is 25.8. The van der Waals surface area contributed by atoms with Gasteiger partial charge in [-0.1, -0.05) is 120 Å². The van der Waals surface area contributed by atoms with Crippen LogP contribution in [0.5, 0.6) is 0 Å². The molecule has 173 valence electrons. The standard InChI is InChI=1S/C38H21/c1-5-13-31(14-6-1)21-25-35-27-28-36(26-22-32-15-7-2-8-16-32)38(30-24-34-19-11-4-12-20-34)37(35)29-23-33-17-9-3-10-18-33/h1-20,27H. The quantitative estimate of drug-likeness (QED) is 0.209. The maximum atomic E-state index is 3.37. The predicted molar refractivity (Wildman–Crippen MR) is 155 cm³/mol. The minimum Gasteiger partial charge on any atom is -0.0622 e. The Morgan fingerprint density at radius 2 is 0.711 bits per heavy atom. The molecule has 5 aromatic carbocycles. The molecule has 0 atom stereocenters. The van der Waals surface area contributed by atoms with E-state index in [-0.39, 0.29) is 0 Å². The fourth-order valence-corrected chi connectivity index (χ4v) is 3.63. The van der Waals surface area contributed by atoms with Gasteiger partial charge in [0.1, 0.15) is 0 Å². The van der Waals surface area contributed by atoms with Gasteiger partial charge in [0.05, 0.1) is 11.1 Å². The summed E-state index contributed by atoms with van der Waals surface area (Å²) in [6, 6.07) is 44.8. The van der Waals surface area contributed by atoms with Crippen molar-refractivity contribution in [2.75, 3.05) is 0 Å². The molecule has 0 saturated carbocycles. The molecule has 1 radical (unpaired) electrons. The van der Waals surface area contributed by atoms with Gasteiger partial charge in [0.15, 0.2) is 0 Å². The molecule has 0 bridgehead atoms. The molecule has 38 heavy (non-hydrogen) atoms. The minimum absolute atomic E-state index is 0.694. The maximum Gasteiger partial charge on any atom is 0.0581 e. The molecule has 0 aliphatic heterocycles. The van der Waals surface area contributed by atoms with E-state index < -0.39 is 0 Å². The third kappa shape index (κ3) is 6.51. The molecule has 0 heterocycles. The summed E-state index contributed by atoms with van der Waals surface area (Å²) in [7, 11) is 0. The van der Waals surface area contributed by atoms with Crippen LogP contribution in [0.1, 0.15) is 44.5 Å². The van der Waals surface area contributed by atoms with E-state index in [1.54, 1.807) is 0 Å². The molecule has 0 aliphatic rings. The van der Waals surface area contributed by atoms with Crippen LogP contribution in [0.4, 0.5) is 0 Å². The summed E-state index contributed by atoms with van der Waals surface area (Å²) in [5.41, 5.74) is 6.61. The van der Waals surface area contributed by atoms with Gasteiger partial charge in [0, 0.05) is 39.4 Å². The second kappa shape index (κ2) is 12.3. The van der Waals surface area contributed by atoms with Crippen LogP contribution in [-0.2, 0) is 0 Å². The van der Waals surface area contributed by atoms with Crippen LogP contribution in [0.15, 0.2) is 127 Å². The average molecular weight is 478 g/mol. The van der Waals surface area contributed by atoms with Crippen molar-refractivity contribution in [1.82, 2.24) is 0 Å². The Balaban J connectivity index is 1.71. The fourth-order valence-electron chi connectivity index (χ4n) is 3.63. The molecule has 5 aromatic rings. The van der Waals surface area contributed by atoms with E-state index in [9.17, 15) is 0 Å². The molecule has 0 unspecified atom stereocenters. The third-order valence-corrected chi connectivity index (χ3v) is 5.56. The Kier molecular flexibility index (Phi) is 7.81. The van der Waals surface area contributed by atoms with Crippen molar-refractivity contribution in [3.63, 3.8) is 0 Å². The number of rotatable bonds is 0. The molecular formula is C38H21. The molecule has 0 aliphatic carbocycles. The van der Waals surface area contributed by atoms with Gasteiger partial charge >= 0.3 is 0 Å². The van der Waals surface area contributed by atoms with E-state index in [1.807, 2.05) is 127 Å². The smallest absolute Gasteiger partial charge is 0.0581 e. The zero-order valence-electron chi connectivity index (χ0n) is 20.6. The zero-order valence-corrected chi connectivity index (χ0v) is 20.6. The Labute approximate surface area is 225 Å². The van der Waals surface area contributed by atoms with Crippen LogP contribution in [0.3, 0.4) is 0 Å². The molecule has 0 aromatic heterocycles. The second-order valence-corrected chi connectivity index (χ2v) is 8.29. The number of hydrogen-bond acceptors (Lipinski definition) is 0. The highest BCUT2D eigenvalue weighted by molar-refractivity contribution is 5.67. The van der Waals surface area contributed by atoms with Gasteiger partial charge in [-0.3, -0.25) is 0 Å². The highest BCUT2D eigenvalue weighted by Crippen LogP contribution is 2.18. The predicted octanol–water partition coefficient (Wildman–Crippen LogP) is 7.09. The van der Waals surface area contributed by atoms with E-state index in [4.69, 9.17) is 0 Å². The summed E-state index contributed by atoms with van der Waals surface area (Å²) in [6.45, 7) is 0. The van der Waals surface area contributed by atoms with Gasteiger partial charge in [-0.15, -0.1) is 0 Å². The van der Waals surface area contributed by atoms with Crippen molar-refractivity contribution >= 4 is 0 Å². The highest BCUT2D eigenvalue weighted by atomic mass is 14.1. The maximum absolute atomic E-state index is 3.37. The molecule has 0 saturated heterocycles. The van der Waals surface area contributed by atoms with Crippen molar-refractivity contribution in [3.8, 4) is 47.4 Å². The summed E-state index contributed by atoms with van der Waals surface area (Å²) in [5.74, 6) is 26.4. The summed E-state index contributed by atoms with van der Waals surface area (Å²) in [4.78, 5) is 0. The molecule has 0 heteroatoms. The van der Waals surface area contributed by atoms with E-state index in [1.165, 1.54) is 0 Å². The van der Waals surface area contributed by atoms with E-state index in [0.717, 1.165) is 38.9 Å². The molecule has 5 rings (SSSR count). The topological polar surface area (TPSA) is 0 Å². The summed E-state index contributed by atoms with van der Waals surface area (Å²) in [6.07, 6.45) is 0. The molecule has 0 N–H and O–H groups in total. The Hall–Kier alpha value is -5.66. The van der Waals surface area contributed by atoms with E-state index >= 15 is 0 Å². The first-order valence-electron chi connectivity index (χ1n) is 12.2. The van der Waals surface area contributed by atoms with Gasteiger partial charge in [-0.2, -0.15) is 0 Å². The van der Waals surface area contributed by atoms with Crippen LogP contribution in [0.2, 0.25) is 0 Å². The summed E-state index contributed by atoms with van der Waals surface area (Å²) >= 11 is 0. The monoisotopic (exact) mass is 477 g/mol. The van der Waals surface area contributed by atoms with Crippen LogP contribution < -0.4 is 0 Å². The van der Waals surface area contributed by atoms with Gasteiger partial charge in [0.2, 0.25) is 0 Å². The van der Waals surface area contributed by atoms with Gasteiger partial charge in [0.25, 0.3) is 0 Å². The molecular weight excluding hydrogens is 456 g/mol. The number of benzene rings is 5. The first kappa shape index (κ1) is 24.1. The van der Waals surface area contributed by atoms with E-state index in [2.05, 4.69) is 53.4 Å². The van der Waals surface area contributed by atoms with Crippen LogP contribution in [0, 0.1) is 53.4 Å². The molecule has 0 spiro atoms. The van der Waals surface area contributed by atoms with Crippen molar-refractivity contribution in [2.24, 2.45) is 0 Å². The van der Waals surface area contributed by atoms with Gasteiger partial charge in [-0.05, 0) is 54.6 Å². The van der Waals surface area contributed by atoms with Gasteiger partial charge in [-0.25, -0.2) is 0 Å². The van der Waals surface area contributed by atoms with Crippen molar-refractivity contribution in [2.45, 2.75) is 0 Å². The Morgan fingerprint density at radius 3 is 1.16 bits per heavy atom. The minimum atomic E-state index is 0.694. The SMILES string of the molecule is C(#Cc1[c]cc(C#Cc2ccccc2)c(C#Cc2ccccc2)c1C#Cc1ccccc1)c1ccccc1. The summed E-state index contributed by atoms with van der Waals surface area (Å²) < 4.78 is 0. The lowest BCUT2D eigenvalue weighted by atomic mass is 9.95. The van der Waals surface area contributed by atoms with Gasteiger partial charge < -0.3 is 0 Å². The largest absolute Gasteiger partial charge is 0.0622 e.